The molecule has 1 aromatic rings. The van der Waals surface area contributed by atoms with Gasteiger partial charge in [0, 0.05) is 29.7 Å². The molecule has 4 N–H and O–H groups in total. The van der Waals surface area contributed by atoms with E-state index in [2.05, 4.69) is 21.2 Å². The molecular formula is C12H18BrFN2O. The van der Waals surface area contributed by atoms with Crippen LogP contribution in [0.3, 0.4) is 0 Å². The second-order valence-corrected chi connectivity index (χ2v) is 4.89. The molecule has 96 valence electrons. The minimum Gasteiger partial charge on any atom is -0.396 e. The largest absolute Gasteiger partial charge is 0.396 e. The van der Waals surface area contributed by atoms with Gasteiger partial charge in [0.25, 0.3) is 0 Å². The average molecular weight is 305 g/mol. The van der Waals surface area contributed by atoms with Crippen LogP contribution in [0.1, 0.15) is 24.9 Å². The molecule has 2 unspecified atom stereocenters. The van der Waals surface area contributed by atoms with Gasteiger partial charge < -0.3 is 16.2 Å². The molecule has 3 nitrogen and oxygen atoms in total. The highest BCUT2D eigenvalue weighted by Crippen LogP contribution is 2.24. The zero-order chi connectivity index (χ0) is 12.8. The van der Waals surface area contributed by atoms with Gasteiger partial charge >= 0.3 is 0 Å². The molecule has 0 aliphatic carbocycles. The highest BCUT2D eigenvalue weighted by atomic mass is 79.9. The zero-order valence-electron chi connectivity index (χ0n) is 9.79. The summed E-state index contributed by atoms with van der Waals surface area (Å²) < 4.78 is 14.0. The predicted octanol–water partition coefficient (Wildman–Crippen LogP) is 1.95. The van der Waals surface area contributed by atoms with E-state index in [1.165, 1.54) is 12.1 Å². The lowest BCUT2D eigenvalue weighted by atomic mass is 10.1. The molecule has 0 amide bonds. The summed E-state index contributed by atoms with van der Waals surface area (Å²) in [5.74, 6) is -0.279. The number of rotatable bonds is 6. The summed E-state index contributed by atoms with van der Waals surface area (Å²) in [5.41, 5.74) is 6.50. The fourth-order valence-corrected chi connectivity index (χ4v) is 2.21. The summed E-state index contributed by atoms with van der Waals surface area (Å²) in [6.07, 6.45) is 0.642. The van der Waals surface area contributed by atoms with Crippen LogP contribution in [-0.4, -0.2) is 24.3 Å². The van der Waals surface area contributed by atoms with Gasteiger partial charge in [0.15, 0.2) is 0 Å². The van der Waals surface area contributed by atoms with E-state index in [0.717, 1.165) is 10.0 Å². The lowest BCUT2D eigenvalue weighted by Gasteiger charge is -2.23. The third kappa shape index (κ3) is 4.35. The summed E-state index contributed by atoms with van der Waals surface area (Å²) in [7, 11) is 0. The van der Waals surface area contributed by atoms with Gasteiger partial charge in [0.1, 0.15) is 5.82 Å². The zero-order valence-corrected chi connectivity index (χ0v) is 11.4. The molecule has 2 atom stereocenters. The summed E-state index contributed by atoms with van der Waals surface area (Å²) >= 11 is 3.39. The summed E-state index contributed by atoms with van der Waals surface area (Å²) in [5, 5.41) is 12.1. The molecule has 0 heterocycles. The Balaban J connectivity index is 2.82. The van der Waals surface area contributed by atoms with E-state index in [1.807, 2.05) is 6.92 Å². The standard InChI is InChI=1S/C12H18BrFN2O/c1-8(4-5-17)16-12(7-15)10-6-9(14)2-3-11(10)13/h2-3,6,8,12,16-17H,4-5,7,15H2,1H3. The number of nitrogens with one attached hydrogen (secondary N) is 1. The first kappa shape index (κ1) is 14.6. The van der Waals surface area contributed by atoms with Crippen LogP contribution in [0.5, 0.6) is 0 Å². The van der Waals surface area contributed by atoms with Crippen LogP contribution in [0, 0.1) is 5.82 Å². The second-order valence-electron chi connectivity index (χ2n) is 4.03. The highest BCUT2D eigenvalue weighted by Gasteiger charge is 2.15. The maximum atomic E-state index is 13.2. The van der Waals surface area contributed by atoms with E-state index in [4.69, 9.17) is 10.8 Å². The van der Waals surface area contributed by atoms with Crippen LogP contribution in [0.2, 0.25) is 0 Å². The fourth-order valence-electron chi connectivity index (χ4n) is 1.69. The van der Waals surface area contributed by atoms with Crippen LogP contribution >= 0.6 is 15.9 Å². The maximum Gasteiger partial charge on any atom is 0.123 e. The van der Waals surface area contributed by atoms with E-state index in [9.17, 15) is 4.39 Å². The Bertz CT molecular complexity index is 362. The van der Waals surface area contributed by atoms with Gasteiger partial charge in [-0.1, -0.05) is 15.9 Å². The van der Waals surface area contributed by atoms with Crippen LogP contribution in [0.4, 0.5) is 4.39 Å². The van der Waals surface area contributed by atoms with Crippen molar-refractivity contribution in [2.45, 2.75) is 25.4 Å². The molecule has 1 rings (SSSR count). The number of aliphatic hydroxyl groups is 1. The van der Waals surface area contributed by atoms with Gasteiger partial charge in [0.05, 0.1) is 0 Å². The summed E-state index contributed by atoms with van der Waals surface area (Å²) in [6, 6.07) is 4.55. The van der Waals surface area contributed by atoms with Gasteiger partial charge in [-0.05, 0) is 37.1 Å². The molecule has 0 saturated heterocycles. The van der Waals surface area contributed by atoms with Crippen LogP contribution in [0.25, 0.3) is 0 Å². The third-order valence-corrected chi connectivity index (χ3v) is 3.34. The molecule has 0 spiro atoms. The Morgan fingerprint density at radius 3 is 2.82 bits per heavy atom. The molecule has 0 aliphatic heterocycles. The predicted molar refractivity (Wildman–Crippen MR) is 70.2 cm³/mol. The van der Waals surface area contributed by atoms with Crippen molar-refractivity contribution in [1.29, 1.82) is 0 Å². The molecule has 0 fully saturated rings. The normalized spacial score (nSPS) is 14.6. The van der Waals surface area contributed by atoms with E-state index in [0.29, 0.717) is 13.0 Å². The SMILES string of the molecule is CC(CCO)NC(CN)c1cc(F)ccc1Br. The lowest BCUT2D eigenvalue weighted by Crippen LogP contribution is -2.35. The van der Waals surface area contributed by atoms with E-state index < -0.39 is 0 Å². The molecule has 0 bridgehead atoms. The fraction of sp³-hybridized carbons (Fsp3) is 0.500. The first-order chi connectivity index (χ1) is 8.08. The van der Waals surface area contributed by atoms with Gasteiger partial charge in [-0.15, -0.1) is 0 Å². The topological polar surface area (TPSA) is 58.3 Å². The monoisotopic (exact) mass is 304 g/mol. The second kappa shape index (κ2) is 7.06. The molecular weight excluding hydrogens is 287 g/mol. The summed E-state index contributed by atoms with van der Waals surface area (Å²) in [4.78, 5) is 0. The van der Waals surface area contributed by atoms with Crippen molar-refractivity contribution >= 4 is 15.9 Å². The molecule has 1 aromatic carbocycles. The Morgan fingerprint density at radius 2 is 2.24 bits per heavy atom. The minimum atomic E-state index is -0.279. The first-order valence-corrected chi connectivity index (χ1v) is 6.39. The van der Waals surface area contributed by atoms with Gasteiger partial charge in [0.2, 0.25) is 0 Å². The van der Waals surface area contributed by atoms with Crippen molar-refractivity contribution in [2.24, 2.45) is 5.73 Å². The van der Waals surface area contributed by atoms with Crippen molar-refractivity contribution in [3.8, 4) is 0 Å². The van der Waals surface area contributed by atoms with Crippen molar-refractivity contribution < 1.29 is 9.50 Å². The van der Waals surface area contributed by atoms with E-state index >= 15 is 0 Å². The number of hydrogen-bond donors (Lipinski definition) is 3. The van der Waals surface area contributed by atoms with Crippen molar-refractivity contribution in [3.63, 3.8) is 0 Å². The Labute approximate surface area is 109 Å². The number of halogens is 2. The van der Waals surface area contributed by atoms with E-state index in [-0.39, 0.29) is 24.5 Å². The third-order valence-electron chi connectivity index (χ3n) is 2.62. The van der Waals surface area contributed by atoms with E-state index in [1.54, 1.807) is 6.07 Å². The number of aliphatic hydroxyl groups excluding tert-OH is 1. The Hall–Kier alpha value is -0.490. The quantitative estimate of drug-likeness (QED) is 0.753. The summed E-state index contributed by atoms with van der Waals surface area (Å²) in [6.45, 7) is 2.46. The Morgan fingerprint density at radius 1 is 1.53 bits per heavy atom. The van der Waals surface area contributed by atoms with Crippen LogP contribution in [-0.2, 0) is 0 Å². The molecule has 0 aliphatic rings. The maximum absolute atomic E-state index is 13.2. The first-order valence-electron chi connectivity index (χ1n) is 5.60. The van der Waals surface area contributed by atoms with Crippen molar-refractivity contribution in [2.75, 3.05) is 13.2 Å². The van der Waals surface area contributed by atoms with Crippen LogP contribution < -0.4 is 11.1 Å². The van der Waals surface area contributed by atoms with Crippen LogP contribution in [0.15, 0.2) is 22.7 Å². The van der Waals surface area contributed by atoms with Gasteiger partial charge in [-0.3, -0.25) is 0 Å². The number of benzene rings is 1. The van der Waals surface area contributed by atoms with Gasteiger partial charge in [-0.2, -0.15) is 0 Å². The molecule has 17 heavy (non-hydrogen) atoms. The minimum absolute atomic E-state index is 0.121. The smallest absolute Gasteiger partial charge is 0.123 e. The van der Waals surface area contributed by atoms with Gasteiger partial charge in [-0.25, -0.2) is 4.39 Å². The number of nitrogens with two attached hydrogens (primary N) is 1. The average Bonchev–Trinajstić information content (AvgIpc) is 2.30. The number of hydrogen-bond acceptors (Lipinski definition) is 3. The van der Waals surface area contributed by atoms with Crippen molar-refractivity contribution in [3.05, 3.63) is 34.1 Å². The highest BCUT2D eigenvalue weighted by molar-refractivity contribution is 9.10. The molecule has 0 radical (unpaired) electrons. The molecule has 5 heteroatoms. The molecule has 0 saturated carbocycles. The van der Waals surface area contributed by atoms with Crippen molar-refractivity contribution in [1.82, 2.24) is 5.32 Å². The Kier molecular flexibility index (Phi) is 6.05. The molecule has 0 aromatic heterocycles. The lowest BCUT2D eigenvalue weighted by molar-refractivity contribution is 0.263.